The summed E-state index contributed by atoms with van der Waals surface area (Å²) in [7, 11) is -5.38. The third kappa shape index (κ3) is 6.34. The average Bonchev–Trinajstić information content (AvgIpc) is 2.75. The van der Waals surface area contributed by atoms with Gasteiger partial charge in [-0.05, 0) is 24.3 Å². The fraction of sp³-hybridized carbons (Fsp3) is 0.500. The molecule has 0 aromatic heterocycles. The van der Waals surface area contributed by atoms with E-state index in [1.54, 1.807) is 0 Å². The quantitative estimate of drug-likeness (QED) is 0.213. The van der Waals surface area contributed by atoms with E-state index in [1.165, 1.54) is 0 Å². The topological polar surface area (TPSA) is 66.4 Å². The zero-order chi connectivity index (χ0) is 32.3. The monoisotopic (exact) mass is 676 g/mol. The molecule has 0 aliphatic carbocycles. The number of benzene rings is 1. The van der Waals surface area contributed by atoms with Crippen molar-refractivity contribution in [3.8, 4) is 5.75 Å². The molecule has 0 N–H and O–H groups in total. The minimum absolute atomic E-state index is 0. The van der Waals surface area contributed by atoms with E-state index in [4.69, 9.17) is 0 Å². The fourth-order valence-corrected chi connectivity index (χ4v) is 2.67. The number of rotatable bonds is 10. The molecule has 0 fully saturated rings. The maximum Gasteiger partial charge on any atom is 1.00 e. The number of hydrogen-bond acceptors (Lipinski definition) is 4. The van der Waals surface area contributed by atoms with Gasteiger partial charge < -0.3 is 9.29 Å². The predicted octanol–water partition coefficient (Wildman–Crippen LogP) is 4.09. The third-order valence-electron chi connectivity index (χ3n) is 4.40. The smallest absolute Gasteiger partial charge is 0.744 e. The van der Waals surface area contributed by atoms with Gasteiger partial charge in [-0.15, -0.1) is 0 Å². The van der Waals surface area contributed by atoms with Crippen molar-refractivity contribution in [2.45, 2.75) is 52.7 Å². The molecule has 0 saturated carbocycles. The number of ether oxygens (including phenoxy) is 1. The molecule has 0 spiro atoms. The molecule has 0 saturated heterocycles. The van der Waals surface area contributed by atoms with Crippen LogP contribution in [-0.2, 0) is 10.1 Å². The van der Waals surface area contributed by atoms with Crippen LogP contribution in [0.1, 0.15) is 0 Å². The molecule has 232 valence electrons. The van der Waals surface area contributed by atoms with Crippen LogP contribution in [0, 0.1) is 0 Å². The van der Waals surface area contributed by atoms with Crippen LogP contribution in [0.4, 0.5) is 83.4 Å². The van der Waals surface area contributed by atoms with Crippen molar-refractivity contribution in [3.63, 3.8) is 0 Å². The second-order valence-corrected chi connectivity index (χ2v) is 8.50. The van der Waals surface area contributed by atoms with Gasteiger partial charge in [-0.2, -0.15) is 74.6 Å². The Kier molecular flexibility index (Phi) is 10.7. The molecule has 0 heterocycles. The van der Waals surface area contributed by atoms with E-state index >= 15 is 0 Å². The molecule has 41 heavy (non-hydrogen) atoms. The minimum atomic E-state index is -8.74. The standard InChI is InChI=1S/C16H5F19O4S.Na/c17-7(8(18)10(21,22)15(31,32)33)9(19,20)11(23,24)12(25,26)13(27,28)14(29,30)16(34,35)39-5-1-3-6(4-2-5)40(36,37)38;/h1-4H,(H,36,37,38);/q;+1/p-1/b8-7+;. The first-order chi connectivity index (χ1) is 17.2. The minimum Gasteiger partial charge on any atom is -0.744 e. The molecule has 0 bridgehead atoms. The van der Waals surface area contributed by atoms with Crippen LogP contribution in [0.3, 0.4) is 0 Å². The molecule has 1 aromatic rings. The van der Waals surface area contributed by atoms with Crippen molar-refractivity contribution in [3.05, 3.63) is 35.9 Å². The fourth-order valence-electron chi connectivity index (χ4n) is 2.20. The van der Waals surface area contributed by atoms with Crippen LogP contribution in [0.15, 0.2) is 40.8 Å². The first kappa shape index (κ1) is 39.3. The summed E-state index contributed by atoms with van der Waals surface area (Å²) in [5.41, 5.74) is 0. The molecule has 0 radical (unpaired) electrons. The summed E-state index contributed by atoms with van der Waals surface area (Å²) in [6, 6.07) is -0.462. The summed E-state index contributed by atoms with van der Waals surface area (Å²) >= 11 is 0. The van der Waals surface area contributed by atoms with Gasteiger partial charge in [0, 0.05) is 0 Å². The number of allylic oxidation sites excluding steroid dienone is 2. The van der Waals surface area contributed by atoms with Gasteiger partial charge in [-0.25, -0.2) is 17.2 Å². The summed E-state index contributed by atoms with van der Waals surface area (Å²) in [4.78, 5) is -1.33. The Morgan fingerprint density at radius 1 is 0.585 bits per heavy atom. The summed E-state index contributed by atoms with van der Waals surface area (Å²) in [6.07, 6.45) is -14.7. The van der Waals surface area contributed by atoms with Gasteiger partial charge in [0.15, 0.2) is 0 Å². The summed E-state index contributed by atoms with van der Waals surface area (Å²) in [5, 5.41) is 0. The maximum atomic E-state index is 13.8. The van der Waals surface area contributed by atoms with Crippen molar-refractivity contribution in [2.75, 3.05) is 0 Å². The first-order valence-electron chi connectivity index (χ1n) is 8.77. The van der Waals surface area contributed by atoms with Crippen LogP contribution in [0.25, 0.3) is 0 Å². The van der Waals surface area contributed by atoms with Crippen LogP contribution in [0.5, 0.6) is 5.75 Å². The van der Waals surface area contributed by atoms with Crippen molar-refractivity contribution < 1.29 is 131 Å². The van der Waals surface area contributed by atoms with E-state index < -0.39 is 80.2 Å². The van der Waals surface area contributed by atoms with Gasteiger partial charge in [0.25, 0.3) is 0 Å². The van der Waals surface area contributed by atoms with E-state index in [0.29, 0.717) is 0 Å². The van der Waals surface area contributed by atoms with E-state index in [-0.39, 0.29) is 53.8 Å². The third-order valence-corrected chi connectivity index (χ3v) is 5.25. The predicted molar refractivity (Wildman–Crippen MR) is 85.0 cm³/mol. The molecule has 25 heteroatoms. The number of hydrogen-bond donors (Lipinski definition) is 0. The van der Waals surface area contributed by atoms with Crippen molar-refractivity contribution >= 4 is 10.1 Å². The normalized spacial score (nSPS) is 15.7. The molecular weight excluding hydrogens is 672 g/mol. The van der Waals surface area contributed by atoms with Crippen molar-refractivity contribution in [1.29, 1.82) is 0 Å². The SMILES string of the molecule is O=S(=O)([O-])c1ccc(OC(F)(F)C(F)(F)C(F)(F)C(F)(F)C(F)(F)C(F)(F)/C(F)=C(\F)C(F)(F)C(F)(F)F)cc1.[Na+]. The van der Waals surface area contributed by atoms with Gasteiger partial charge in [0.05, 0.1) is 4.90 Å². The number of halogens is 19. The van der Waals surface area contributed by atoms with E-state index in [2.05, 4.69) is 4.74 Å². The van der Waals surface area contributed by atoms with Gasteiger partial charge >= 0.3 is 77.4 Å². The Balaban J connectivity index is 0.0000160. The zero-order valence-electron chi connectivity index (χ0n) is 18.5. The van der Waals surface area contributed by atoms with E-state index in [0.717, 1.165) is 0 Å². The van der Waals surface area contributed by atoms with Gasteiger partial charge in [-0.3, -0.25) is 0 Å². The van der Waals surface area contributed by atoms with Crippen LogP contribution in [-0.4, -0.2) is 60.8 Å². The average molecular weight is 676 g/mol. The van der Waals surface area contributed by atoms with Gasteiger partial charge in [0.1, 0.15) is 15.9 Å². The van der Waals surface area contributed by atoms with Gasteiger partial charge in [-0.1, -0.05) is 0 Å². The second-order valence-electron chi connectivity index (χ2n) is 7.12. The van der Waals surface area contributed by atoms with Gasteiger partial charge in [0.2, 0.25) is 11.7 Å². The Morgan fingerprint density at radius 3 is 1.27 bits per heavy atom. The Labute approximate surface area is 235 Å². The van der Waals surface area contributed by atoms with Crippen molar-refractivity contribution in [1.82, 2.24) is 0 Å². The molecule has 0 amide bonds. The zero-order valence-corrected chi connectivity index (χ0v) is 21.3. The molecule has 0 aliphatic rings. The second kappa shape index (κ2) is 11.1. The Morgan fingerprint density at radius 2 is 0.927 bits per heavy atom. The van der Waals surface area contributed by atoms with Crippen molar-refractivity contribution in [2.24, 2.45) is 0 Å². The molecule has 0 aliphatic heterocycles. The Bertz CT molecular complexity index is 1240. The molecule has 0 unspecified atom stereocenters. The van der Waals surface area contributed by atoms with Crippen LogP contribution >= 0.6 is 0 Å². The largest absolute Gasteiger partial charge is 1.00 e. The molecule has 1 aromatic carbocycles. The summed E-state index contributed by atoms with van der Waals surface area (Å²) in [5.74, 6) is -62.6. The maximum absolute atomic E-state index is 13.8. The number of alkyl halides is 17. The van der Waals surface area contributed by atoms with E-state index in [1.807, 2.05) is 0 Å². The molecule has 1 rings (SSSR count). The molecular formula is C16H4F19NaO4S. The van der Waals surface area contributed by atoms with Crippen LogP contribution in [0.2, 0.25) is 0 Å². The Hall–Kier alpha value is -1.66. The molecule has 0 atom stereocenters. The summed E-state index contributed by atoms with van der Waals surface area (Å²) in [6.45, 7) is 0. The van der Waals surface area contributed by atoms with E-state index in [9.17, 15) is 96.4 Å². The first-order valence-corrected chi connectivity index (χ1v) is 10.2. The molecule has 4 nitrogen and oxygen atoms in total. The van der Waals surface area contributed by atoms with Crippen LogP contribution < -0.4 is 34.3 Å². The summed E-state index contributed by atoms with van der Waals surface area (Å²) < 4.78 is 287.